The molecule has 0 saturated heterocycles. The minimum atomic E-state index is -0.421. The van der Waals surface area contributed by atoms with Gasteiger partial charge in [0.1, 0.15) is 12.1 Å². The van der Waals surface area contributed by atoms with Gasteiger partial charge in [-0.3, -0.25) is 5.32 Å². The Morgan fingerprint density at radius 1 is 1.22 bits per heavy atom. The van der Waals surface area contributed by atoms with Crippen LogP contribution in [0, 0.1) is 6.92 Å². The van der Waals surface area contributed by atoms with Crippen molar-refractivity contribution in [2.24, 2.45) is 0 Å². The Morgan fingerprint density at radius 2 is 2.09 bits per heavy atom. The van der Waals surface area contributed by atoms with Gasteiger partial charge in [0.15, 0.2) is 5.82 Å². The number of benzene rings is 1. The Morgan fingerprint density at radius 3 is 2.83 bits per heavy atom. The van der Waals surface area contributed by atoms with Gasteiger partial charge < -0.3 is 5.32 Å². The Bertz CT molecular complexity index is 834. The molecule has 0 bridgehead atoms. The summed E-state index contributed by atoms with van der Waals surface area (Å²) in [5.41, 5.74) is 1.54. The highest BCUT2D eigenvalue weighted by molar-refractivity contribution is 6.31. The number of halogens is 1. The zero-order chi connectivity index (χ0) is 16.2. The maximum absolute atomic E-state index is 12.0. The summed E-state index contributed by atoms with van der Waals surface area (Å²) in [6.07, 6.45) is 4.75. The average Bonchev–Trinajstić information content (AvgIpc) is 3.05. The molecule has 0 aliphatic carbocycles. The third kappa shape index (κ3) is 3.64. The number of aromatic nitrogens is 4. The van der Waals surface area contributed by atoms with Crippen molar-refractivity contribution >= 4 is 29.1 Å². The monoisotopic (exact) mass is 328 g/mol. The topological polar surface area (TPSA) is 84.7 Å². The first kappa shape index (κ1) is 15.0. The third-order valence-electron chi connectivity index (χ3n) is 3.06. The van der Waals surface area contributed by atoms with Crippen LogP contribution in [-0.4, -0.2) is 25.8 Å². The number of hydrogen-bond donors (Lipinski definition) is 2. The quantitative estimate of drug-likeness (QED) is 0.772. The molecule has 2 amide bonds. The summed E-state index contributed by atoms with van der Waals surface area (Å²) < 4.78 is 1.57. The molecule has 2 N–H and O–H groups in total. The molecule has 0 unspecified atom stereocenters. The second-order valence-corrected chi connectivity index (χ2v) is 5.16. The Labute approximate surface area is 137 Å². The first-order valence-corrected chi connectivity index (χ1v) is 7.16. The number of hydrogen-bond acceptors (Lipinski definition) is 4. The summed E-state index contributed by atoms with van der Waals surface area (Å²) in [5, 5.41) is 10.0. The molecule has 0 atom stereocenters. The minimum Gasteiger partial charge on any atom is -0.308 e. The summed E-state index contributed by atoms with van der Waals surface area (Å²) >= 11 is 6.03. The maximum atomic E-state index is 12.0. The largest absolute Gasteiger partial charge is 0.324 e. The smallest absolute Gasteiger partial charge is 0.308 e. The van der Waals surface area contributed by atoms with Crippen molar-refractivity contribution in [1.29, 1.82) is 0 Å². The van der Waals surface area contributed by atoms with Crippen molar-refractivity contribution in [3.8, 4) is 5.82 Å². The average molecular weight is 329 g/mol. The van der Waals surface area contributed by atoms with Crippen molar-refractivity contribution < 1.29 is 4.79 Å². The van der Waals surface area contributed by atoms with Crippen LogP contribution in [0.15, 0.2) is 49.1 Å². The summed E-state index contributed by atoms with van der Waals surface area (Å²) in [4.78, 5) is 20.1. The van der Waals surface area contributed by atoms with Crippen LogP contribution in [0.1, 0.15) is 5.56 Å². The molecule has 116 valence electrons. The molecule has 0 fully saturated rings. The number of nitrogens with one attached hydrogen (secondary N) is 2. The standard InChI is InChI=1S/C15H13ClN6O/c1-10-3-4-11(7-12(10)16)20-15(23)21-13-8-14(18-9-17-13)22-6-2-5-19-22/h2-9H,1H3,(H2,17,18,20,21,23). The molecule has 0 spiro atoms. The van der Waals surface area contributed by atoms with E-state index in [1.165, 1.54) is 6.33 Å². The van der Waals surface area contributed by atoms with Crippen LogP contribution >= 0.6 is 11.6 Å². The van der Waals surface area contributed by atoms with Gasteiger partial charge in [0.05, 0.1) is 0 Å². The van der Waals surface area contributed by atoms with E-state index < -0.39 is 6.03 Å². The molecule has 2 aromatic heterocycles. The Balaban J connectivity index is 1.70. The lowest BCUT2D eigenvalue weighted by molar-refractivity contribution is 0.262. The summed E-state index contributed by atoms with van der Waals surface area (Å²) in [5.74, 6) is 0.917. The first-order valence-electron chi connectivity index (χ1n) is 6.78. The molecule has 1 aromatic carbocycles. The van der Waals surface area contributed by atoms with E-state index in [-0.39, 0.29) is 0 Å². The van der Waals surface area contributed by atoms with Crippen LogP contribution in [0.25, 0.3) is 5.82 Å². The van der Waals surface area contributed by atoms with E-state index in [1.807, 2.05) is 13.0 Å². The highest BCUT2D eigenvalue weighted by atomic mass is 35.5. The summed E-state index contributed by atoms with van der Waals surface area (Å²) in [6.45, 7) is 1.89. The molecular weight excluding hydrogens is 316 g/mol. The lowest BCUT2D eigenvalue weighted by Crippen LogP contribution is -2.20. The van der Waals surface area contributed by atoms with Gasteiger partial charge in [-0.25, -0.2) is 19.4 Å². The molecular formula is C15H13ClN6O. The van der Waals surface area contributed by atoms with Gasteiger partial charge in [-0.15, -0.1) is 0 Å². The van der Waals surface area contributed by atoms with Crippen LogP contribution in [0.5, 0.6) is 0 Å². The lowest BCUT2D eigenvalue weighted by atomic mass is 10.2. The van der Waals surface area contributed by atoms with E-state index in [9.17, 15) is 4.79 Å². The Hall–Kier alpha value is -2.93. The van der Waals surface area contributed by atoms with Crippen molar-refractivity contribution in [1.82, 2.24) is 19.7 Å². The lowest BCUT2D eigenvalue weighted by Gasteiger charge is -2.09. The highest BCUT2D eigenvalue weighted by Crippen LogP contribution is 2.20. The van der Waals surface area contributed by atoms with Crippen molar-refractivity contribution in [3.05, 3.63) is 59.6 Å². The van der Waals surface area contributed by atoms with Crippen LogP contribution in [-0.2, 0) is 0 Å². The van der Waals surface area contributed by atoms with Crippen molar-refractivity contribution in [2.75, 3.05) is 10.6 Å². The molecule has 0 saturated carbocycles. The van der Waals surface area contributed by atoms with Gasteiger partial charge in [-0.1, -0.05) is 17.7 Å². The van der Waals surface area contributed by atoms with Gasteiger partial charge in [-0.2, -0.15) is 5.10 Å². The zero-order valence-corrected chi connectivity index (χ0v) is 12.9. The fourth-order valence-electron chi connectivity index (χ4n) is 1.89. The number of carbonyl (C=O) groups is 1. The first-order chi connectivity index (χ1) is 11.1. The third-order valence-corrected chi connectivity index (χ3v) is 3.47. The number of anilines is 2. The molecule has 8 heteroatoms. The maximum Gasteiger partial charge on any atom is 0.324 e. The highest BCUT2D eigenvalue weighted by Gasteiger charge is 2.07. The van der Waals surface area contributed by atoms with Crippen LogP contribution in [0.2, 0.25) is 5.02 Å². The fraction of sp³-hybridized carbons (Fsp3) is 0.0667. The molecule has 3 aromatic rings. The van der Waals surface area contributed by atoms with Gasteiger partial charge in [0.25, 0.3) is 0 Å². The van der Waals surface area contributed by atoms with E-state index in [4.69, 9.17) is 11.6 Å². The van der Waals surface area contributed by atoms with Crippen molar-refractivity contribution in [3.63, 3.8) is 0 Å². The molecule has 2 heterocycles. The zero-order valence-electron chi connectivity index (χ0n) is 12.2. The number of nitrogens with zero attached hydrogens (tertiary/aromatic N) is 4. The summed E-state index contributed by atoms with van der Waals surface area (Å²) in [7, 11) is 0. The fourth-order valence-corrected chi connectivity index (χ4v) is 2.07. The predicted molar refractivity (Wildman–Crippen MR) is 88.0 cm³/mol. The number of carbonyl (C=O) groups excluding carboxylic acids is 1. The predicted octanol–water partition coefficient (Wildman–Crippen LogP) is 3.27. The molecule has 0 radical (unpaired) electrons. The Kier molecular flexibility index (Phi) is 4.20. The van der Waals surface area contributed by atoms with E-state index in [0.29, 0.717) is 22.3 Å². The molecule has 0 aliphatic heterocycles. The molecule has 0 aliphatic rings. The second-order valence-electron chi connectivity index (χ2n) is 4.76. The summed E-state index contributed by atoms with van der Waals surface area (Å²) in [6, 6.07) is 8.27. The number of rotatable bonds is 3. The van der Waals surface area contributed by atoms with E-state index in [1.54, 1.807) is 41.3 Å². The normalized spacial score (nSPS) is 10.3. The van der Waals surface area contributed by atoms with Crippen LogP contribution < -0.4 is 10.6 Å². The second kappa shape index (κ2) is 6.45. The van der Waals surface area contributed by atoms with Gasteiger partial charge in [0.2, 0.25) is 0 Å². The number of urea groups is 1. The van der Waals surface area contributed by atoms with Gasteiger partial charge in [-0.05, 0) is 30.7 Å². The van der Waals surface area contributed by atoms with E-state index in [0.717, 1.165) is 5.56 Å². The SMILES string of the molecule is Cc1ccc(NC(=O)Nc2cc(-n3cccn3)ncn2)cc1Cl. The van der Waals surface area contributed by atoms with E-state index >= 15 is 0 Å². The van der Waals surface area contributed by atoms with Gasteiger partial charge in [0, 0.05) is 29.2 Å². The van der Waals surface area contributed by atoms with Gasteiger partial charge >= 0.3 is 6.03 Å². The molecule has 3 rings (SSSR count). The minimum absolute atomic E-state index is 0.362. The van der Waals surface area contributed by atoms with Crippen LogP contribution in [0.3, 0.4) is 0 Å². The molecule has 23 heavy (non-hydrogen) atoms. The number of aryl methyl sites for hydroxylation is 1. The van der Waals surface area contributed by atoms with E-state index in [2.05, 4.69) is 25.7 Å². The number of amides is 2. The van der Waals surface area contributed by atoms with Crippen LogP contribution in [0.4, 0.5) is 16.3 Å². The molecule has 7 nitrogen and oxygen atoms in total. The van der Waals surface area contributed by atoms with Crippen molar-refractivity contribution in [2.45, 2.75) is 6.92 Å².